The fraction of sp³-hybridized carbons (Fsp3) is 0.600. The number of thiazole rings is 1. The molecule has 0 unspecified atom stereocenters. The average molecular weight is 247 g/mol. The van der Waals surface area contributed by atoms with Crippen LogP contribution in [0.3, 0.4) is 0 Å². The van der Waals surface area contributed by atoms with Gasteiger partial charge in [0.05, 0.1) is 6.54 Å². The first kappa shape index (κ1) is 12.5. The van der Waals surface area contributed by atoms with Crippen LogP contribution in [0, 0.1) is 6.92 Å². The maximum absolute atomic E-state index is 11.3. The molecule has 0 aliphatic heterocycles. The van der Waals surface area contributed by atoms with Crippen molar-refractivity contribution < 1.29 is 4.79 Å². The van der Waals surface area contributed by atoms with Gasteiger partial charge in [-0.1, -0.05) is 0 Å². The van der Waals surface area contributed by atoms with Gasteiger partial charge in [0, 0.05) is 23.4 Å². The van der Waals surface area contributed by atoms with Crippen molar-refractivity contribution in [3.63, 3.8) is 0 Å². The molecular weight excluding hydrogens is 232 g/mol. The predicted molar refractivity (Wildman–Crippen MR) is 63.3 cm³/mol. The van der Waals surface area contributed by atoms with E-state index in [0.717, 1.165) is 23.5 Å². The van der Waals surface area contributed by atoms with Crippen LogP contribution in [0.5, 0.6) is 0 Å². The Hall–Kier alpha value is -0.610. The van der Waals surface area contributed by atoms with Crippen LogP contribution >= 0.6 is 22.9 Å². The fourth-order valence-corrected chi connectivity index (χ4v) is 2.03. The van der Waals surface area contributed by atoms with E-state index in [-0.39, 0.29) is 5.91 Å². The van der Waals surface area contributed by atoms with E-state index < -0.39 is 0 Å². The third-order valence-electron chi connectivity index (χ3n) is 1.89. The topological polar surface area (TPSA) is 42.0 Å². The number of rotatable bonds is 6. The molecule has 0 saturated heterocycles. The third kappa shape index (κ3) is 5.14. The van der Waals surface area contributed by atoms with E-state index in [4.69, 9.17) is 11.6 Å². The minimum Gasteiger partial charge on any atom is -0.350 e. The molecule has 0 aliphatic rings. The molecule has 0 radical (unpaired) electrons. The van der Waals surface area contributed by atoms with Gasteiger partial charge in [-0.2, -0.15) is 0 Å². The lowest BCUT2D eigenvalue weighted by atomic mass is 10.2. The van der Waals surface area contributed by atoms with Crippen molar-refractivity contribution in [3.05, 3.63) is 16.1 Å². The van der Waals surface area contributed by atoms with Gasteiger partial charge < -0.3 is 5.32 Å². The molecule has 0 spiro atoms. The summed E-state index contributed by atoms with van der Waals surface area (Å²) < 4.78 is 0. The SMILES string of the molecule is Cc1csc(CNC(=O)CCCCCl)n1. The second-order valence-electron chi connectivity index (χ2n) is 3.31. The minimum absolute atomic E-state index is 0.0768. The highest BCUT2D eigenvalue weighted by molar-refractivity contribution is 7.09. The summed E-state index contributed by atoms with van der Waals surface area (Å²) in [5.74, 6) is 0.701. The number of nitrogens with one attached hydrogen (secondary N) is 1. The lowest BCUT2D eigenvalue weighted by Gasteiger charge is -2.01. The van der Waals surface area contributed by atoms with E-state index in [2.05, 4.69) is 10.3 Å². The van der Waals surface area contributed by atoms with E-state index in [9.17, 15) is 4.79 Å². The normalized spacial score (nSPS) is 10.3. The summed E-state index contributed by atoms with van der Waals surface area (Å²) >= 11 is 7.09. The monoisotopic (exact) mass is 246 g/mol. The average Bonchev–Trinajstić information content (AvgIpc) is 2.62. The summed E-state index contributed by atoms with van der Waals surface area (Å²) in [4.78, 5) is 15.6. The lowest BCUT2D eigenvalue weighted by molar-refractivity contribution is -0.121. The van der Waals surface area contributed by atoms with Crippen molar-refractivity contribution in [1.29, 1.82) is 0 Å². The number of halogens is 1. The van der Waals surface area contributed by atoms with E-state index in [1.807, 2.05) is 12.3 Å². The lowest BCUT2D eigenvalue weighted by Crippen LogP contribution is -2.22. The van der Waals surface area contributed by atoms with E-state index >= 15 is 0 Å². The molecule has 84 valence electrons. The zero-order valence-corrected chi connectivity index (χ0v) is 10.3. The summed E-state index contributed by atoms with van der Waals surface area (Å²) in [6, 6.07) is 0. The van der Waals surface area contributed by atoms with Gasteiger partial charge in [0.1, 0.15) is 5.01 Å². The number of alkyl halides is 1. The number of aromatic nitrogens is 1. The van der Waals surface area contributed by atoms with Gasteiger partial charge in [0.2, 0.25) is 5.91 Å². The molecular formula is C10H15ClN2OS. The Balaban J connectivity index is 2.16. The van der Waals surface area contributed by atoms with Crippen LogP contribution in [0.25, 0.3) is 0 Å². The highest BCUT2D eigenvalue weighted by Gasteiger charge is 2.02. The van der Waals surface area contributed by atoms with Crippen LogP contribution < -0.4 is 5.32 Å². The Morgan fingerprint density at radius 3 is 3.00 bits per heavy atom. The van der Waals surface area contributed by atoms with Crippen LogP contribution in [0.15, 0.2) is 5.38 Å². The standard InChI is InChI=1S/C10H15ClN2OS/c1-8-7-15-10(13-8)6-12-9(14)4-2-3-5-11/h7H,2-6H2,1H3,(H,12,14). The van der Waals surface area contributed by atoms with Crippen LogP contribution in [0.1, 0.15) is 30.0 Å². The van der Waals surface area contributed by atoms with Crippen LogP contribution in [-0.4, -0.2) is 16.8 Å². The summed E-state index contributed by atoms with van der Waals surface area (Å²) in [5, 5.41) is 5.77. The zero-order chi connectivity index (χ0) is 11.1. The van der Waals surface area contributed by atoms with Gasteiger partial charge in [-0.25, -0.2) is 4.98 Å². The van der Waals surface area contributed by atoms with Crippen molar-refractivity contribution in [2.45, 2.75) is 32.7 Å². The third-order valence-corrected chi connectivity index (χ3v) is 3.12. The Morgan fingerprint density at radius 2 is 2.40 bits per heavy atom. The maximum Gasteiger partial charge on any atom is 0.220 e. The first-order valence-corrected chi connectivity index (χ1v) is 6.37. The highest BCUT2D eigenvalue weighted by atomic mass is 35.5. The molecule has 0 bridgehead atoms. The van der Waals surface area contributed by atoms with Crippen molar-refractivity contribution in [3.8, 4) is 0 Å². The van der Waals surface area contributed by atoms with Crippen molar-refractivity contribution >= 4 is 28.8 Å². The number of carbonyl (C=O) groups excluding carboxylic acids is 1. The first-order valence-electron chi connectivity index (χ1n) is 4.96. The second-order valence-corrected chi connectivity index (χ2v) is 4.63. The van der Waals surface area contributed by atoms with E-state index in [1.54, 1.807) is 11.3 Å². The summed E-state index contributed by atoms with van der Waals surface area (Å²) in [7, 11) is 0. The number of aryl methyl sites for hydroxylation is 1. The van der Waals surface area contributed by atoms with Gasteiger partial charge >= 0.3 is 0 Å². The van der Waals surface area contributed by atoms with Crippen LogP contribution in [0.2, 0.25) is 0 Å². The molecule has 1 aromatic heterocycles. The van der Waals surface area contributed by atoms with E-state index in [0.29, 0.717) is 18.8 Å². The number of nitrogens with zero attached hydrogens (tertiary/aromatic N) is 1. The number of amides is 1. The molecule has 1 aromatic rings. The molecule has 1 rings (SSSR count). The molecule has 0 fully saturated rings. The second kappa shape index (κ2) is 6.80. The summed E-state index contributed by atoms with van der Waals surface area (Å²) in [6.07, 6.45) is 2.30. The van der Waals surface area contributed by atoms with Crippen molar-refractivity contribution in [2.24, 2.45) is 0 Å². The molecule has 15 heavy (non-hydrogen) atoms. The predicted octanol–water partition coefficient (Wildman–Crippen LogP) is 2.48. The van der Waals surface area contributed by atoms with Gasteiger partial charge in [0.25, 0.3) is 0 Å². The van der Waals surface area contributed by atoms with Crippen LogP contribution in [0.4, 0.5) is 0 Å². The zero-order valence-electron chi connectivity index (χ0n) is 8.75. The number of hydrogen-bond acceptors (Lipinski definition) is 3. The smallest absolute Gasteiger partial charge is 0.220 e. The van der Waals surface area contributed by atoms with Gasteiger partial charge in [-0.05, 0) is 19.8 Å². The molecule has 5 heteroatoms. The molecule has 1 heterocycles. The van der Waals surface area contributed by atoms with Gasteiger partial charge in [-0.15, -0.1) is 22.9 Å². The minimum atomic E-state index is 0.0768. The number of hydrogen-bond donors (Lipinski definition) is 1. The van der Waals surface area contributed by atoms with Crippen molar-refractivity contribution in [2.75, 3.05) is 5.88 Å². The van der Waals surface area contributed by atoms with Crippen molar-refractivity contribution in [1.82, 2.24) is 10.3 Å². The molecule has 1 amide bonds. The molecule has 0 aliphatic carbocycles. The Kier molecular flexibility index (Phi) is 5.65. The molecule has 1 N–H and O–H groups in total. The summed E-state index contributed by atoms with van der Waals surface area (Å²) in [5.41, 5.74) is 1.01. The summed E-state index contributed by atoms with van der Waals surface area (Å²) in [6.45, 7) is 2.49. The molecule has 0 saturated carbocycles. The maximum atomic E-state index is 11.3. The Morgan fingerprint density at radius 1 is 1.60 bits per heavy atom. The Labute approximate surface area is 98.9 Å². The molecule has 0 atom stereocenters. The van der Waals surface area contributed by atoms with Gasteiger partial charge in [0.15, 0.2) is 0 Å². The first-order chi connectivity index (χ1) is 7.22. The highest BCUT2D eigenvalue weighted by Crippen LogP contribution is 2.08. The fourth-order valence-electron chi connectivity index (χ4n) is 1.13. The molecule has 0 aromatic carbocycles. The van der Waals surface area contributed by atoms with E-state index in [1.165, 1.54) is 0 Å². The Bertz CT molecular complexity index is 314. The largest absolute Gasteiger partial charge is 0.350 e. The van der Waals surface area contributed by atoms with Crippen LogP contribution in [-0.2, 0) is 11.3 Å². The molecule has 3 nitrogen and oxygen atoms in total. The quantitative estimate of drug-likeness (QED) is 0.619. The number of unbranched alkanes of at least 4 members (excludes halogenated alkanes) is 1. The van der Waals surface area contributed by atoms with Gasteiger partial charge in [-0.3, -0.25) is 4.79 Å². The number of carbonyl (C=O) groups is 1.